The van der Waals surface area contributed by atoms with Gasteiger partial charge in [-0.15, -0.1) is 0 Å². The van der Waals surface area contributed by atoms with Crippen molar-refractivity contribution in [1.29, 1.82) is 0 Å². The molecule has 2 bridgehead atoms. The zero-order valence-electron chi connectivity index (χ0n) is 15.5. The molecule has 5 rings (SSSR count). The molecule has 0 radical (unpaired) electrons. The lowest BCUT2D eigenvalue weighted by molar-refractivity contribution is -0.152. The van der Waals surface area contributed by atoms with Crippen LogP contribution in [0.3, 0.4) is 0 Å². The van der Waals surface area contributed by atoms with Gasteiger partial charge in [-0.05, 0) is 47.6 Å². The second-order valence-electron chi connectivity index (χ2n) is 7.86. The lowest BCUT2D eigenvalue weighted by Gasteiger charge is -2.24. The number of esters is 1. The smallest absolute Gasteiger partial charge is 0.315 e. The third-order valence-corrected chi connectivity index (χ3v) is 6.27. The summed E-state index contributed by atoms with van der Waals surface area (Å²) in [6.45, 7) is 1.99. The van der Waals surface area contributed by atoms with Crippen molar-refractivity contribution in [2.75, 3.05) is 0 Å². The van der Waals surface area contributed by atoms with Crippen LogP contribution < -0.4 is 4.74 Å². The van der Waals surface area contributed by atoms with E-state index in [-0.39, 0.29) is 11.8 Å². The maximum absolute atomic E-state index is 13.2. The second-order valence-corrected chi connectivity index (χ2v) is 7.86. The number of rotatable bonds is 3. The summed E-state index contributed by atoms with van der Waals surface area (Å²) in [7, 11) is 0. The fraction of sp³-hybridized carbons (Fsp3) is 0.250. The fourth-order valence-corrected chi connectivity index (χ4v) is 5.01. The Kier molecular flexibility index (Phi) is 3.76. The maximum atomic E-state index is 13.2. The van der Waals surface area contributed by atoms with E-state index >= 15 is 0 Å². The molecule has 1 saturated carbocycles. The summed E-state index contributed by atoms with van der Waals surface area (Å²) >= 11 is 0. The molecule has 1 fully saturated rings. The van der Waals surface area contributed by atoms with Gasteiger partial charge in [-0.2, -0.15) is 0 Å². The van der Waals surface area contributed by atoms with E-state index in [9.17, 15) is 14.7 Å². The summed E-state index contributed by atoms with van der Waals surface area (Å²) < 4.78 is 6.00. The van der Waals surface area contributed by atoms with Crippen molar-refractivity contribution in [3.8, 4) is 5.75 Å². The zero-order valence-corrected chi connectivity index (χ0v) is 15.5. The van der Waals surface area contributed by atoms with Gasteiger partial charge in [0.25, 0.3) is 0 Å². The van der Waals surface area contributed by atoms with Crippen LogP contribution >= 0.6 is 0 Å². The van der Waals surface area contributed by atoms with Gasteiger partial charge in [0.2, 0.25) is 0 Å². The minimum atomic E-state index is -0.919. The van der Waals surface area contributed by atoms with Crippen molar-refractivity contribution >= 4 is 33.5 Å². The Morgan fingerprint density at radius 1 is 0.964 bits per heavy atom. The maximum Gasteiger partial charge on any atom is 0.315 e. The van der Waals surface area contributed by atoms with Crippen molar-refractivity contribution < 1.29 is 19.4 Å². The molecular formula is C24H20O4. The number of allylic oxidation sites excluding steroid dienone is 2. The predicted molar refractivity (Wildman–Crippen MR) is 107 cm³/mol. The lowest BCUT2D eigenvalue weighted by Crippen LogP contribution is -2.35. The van der Waals surface area contributed by atoms with Crippen molar-refractivity contribution in [3.63, 3.8) is 0 Å². The van der Waals surface area contributed by atoms with E-state index in [1.165, 1.54) is 0 Å². The van der Waals surface area contributed by atoms with Crippen LogP contribution in [0.1, 0.15) is 12.0 Å². The van der Waals surface area contributed by atoms with Crippen LogP contribution in [0.5, 0.6) is 5.75 Å². The SMILES string of the molecule is Cc1cccc2cc3ccccc3c(OC(=O)C3C4C=CC(C4)C3C(=O)O)c12. The minimum absolute atomic E-state index is 0.0547. The van der Waals surface area contributed by atoms with Gasteiger partial charge in [-0.1, -0.05) is 54.6 Å². The molecule has 0 saturated heterocycles. The Balaban J connectivity index is 1.64. The predicted octanol–water partition coefficient (Wildman–Crippen LogP) is 4.73. The molecule has 4 unspecified atom stereocenters. The molecule has 3 aromatic carbocycles. The van der Waals surface area contributed by atoms with E-state index < -0.39 is 23.8 Å². The molecule has 140 valence electrons. The first-order valence-corrected chi connectivity index (χ1v) is 9.58. The number of hydrogen-bond acceptors (Lipinski definition) is 3. The summed E-state index contributed by atoms with van der Waals surface area (Å²) in [4.78, 5) is 25.0. The highest BCUT2D eigenvalue weighted by Crippen LogP contribution is 2.49. The normalized spacial score (nSPS) is 25.5. The molecule has 3 aromatic rings. The van der Waals surface area contributed by atoms with Gasteiger partial charge in [0.1, 0.15) is 5.75 Å². The van der Waals surface area contributed by atoms with Crippen LogP contribution in [0.15, 0.2) is 60.7 Å². The monoisotopic (exact) mass is 372 g/mol. The summed E-state index contributed by atoms with van der Waals surface area (Å²) in [5.74, 6) is -2.29. The lowest BCUT2D eigenvalue weighted by atomic mass is 9.83. The number of aliphatic carboxylic acids is 1. The molecule has 0 spiro atoms. The van der Waals surface area contributed by atoms with Crippen molar-refractivity contribution in [3.05, 3.63) is 66.2 Å². The number of fused-ring (bicyclic) bond motifs is 4. The third kappa shape index (κ3) is 2.44. The summed E-state index contributed by atoms with van der Waals surface area (Å²) in [5.41, 5.74) is 1.02. The molecule has 0 amide bonds. The van der Waals surface area contributed by atoms with Crippen LogP contribution in [0.25, 0.3) is 21.5 Å². The number of carbonyl (C=O) groups excluding carboxylic acids is 1. The Hall–Kier alpha value is -3.14. The Morgan fingerprint density at radius 2 is 1.68 bits per heavy atom. The average Bonchev–Trinajstić information content (AvgIpc) is 3.29. The van der Waals surface area contributed by atoms with Crippen molar-refractivity contribution in [1.82, 2.24) is 0 Å². The third-order valence-electron chi connectivity index (χ3n) is 6.27. The quantitative estimate of drug-likeness (QED) is 0.312. The van der Waals surface area contributed by atoms with E-state index in [0.29, 0.717) is 12.2 Å². The number of carboxylic acids is 1. The van der Waals surface area contributed by atoms with Crippen LogP contribution in [0, 0.1) is 30.6 Å². The first-order chi connectivity index (χ1) is 13.5. The van der Waals surface area contributed by atoms with Gasteiger partial charge in [0, 0.05) is 10.8 Å². The standard InChI is InChI=1S/C24H20O4/c1-13-5-4-7-15-11-14-6-2-3-8-18(14)22(19(13)15)28-24(27)21-17-10-9-16(12-17)20(21)23(25)26/h2-11,16-17,20-21H,12H2,1H3,(H,25,26). The largest absolute Gasteiger partial charge is 0.481 e. The minimum Gasteiger partial charge on any atom is -0.481 e. The highest BCUT2D eigenvalue weighted by Gasteiger charge is 2.52. The van der Waals surface area contributed by atoms with Crippen LogP contribution in [-0.4, -0.2) is 17.0 Å². The fourth-order valence-electron chi connectivity index (χ4n) is 5.01. The molecule has 0 heterocycles. The van der Waals surface area contributed by atoms with E-state index in [2.05, 4.69) is 6.07 Å². The zero-order chi connectivity index (χ0) is 19.4. The van der Waals surface area contributed by atoms with E-state index in [1.807, 2.05) is 61.5 Å². The van der Waals surface area contributed by atoms with Gasteiger partial charge in [0.15, 0.2) is 0 Å². The van der Waals surface area contributed by atoms with E-state index in [0.717, 1.165) is 27.1 Å². The van der Waals surface area contributed by atoms with Crippen LogP contribution in [-0.2, 0) is 9.59 Å². The average molecular weight is 372 g/mol. The summed E-state index contributed by atoms with van der Waals surface area (Å²) in [5, 5.41) is 13.4. The first kappa shape index (κ1) is 17.0. The van der Waals surface area contributed by atoms with Gasteiger partial charge in [-0.3, -0.25) is 9.59 Å². The molecule has 4 atom stereocenters. The Labute approximate surface area is 162 Å². The highest BCUT2D eigenvalue weighted by atomic mass is 16.5. The Bertz CT molecular complexity index is 1160. The topological polar surface area (TPSA) is 63.6 Å². The number of hydrogen-bond donors (Lipinski definition) is 1. The molecule has 28 heavy (non-hydrogen) atoms. The number of carbonyl (C=O) groups is 2. The molecule has 0 aromatic heterocycles. The molecule has 4 heteroatoms. The van der Waals surface area contributed by atoms with Crippen molar-refractivity contribution in [2.45, 2.75) is 13.3 Å². The number of benzene rings is 3. The summed E-state index contributed by atoms with van der Waals surface area (Å²) in [6, 6.07) is 15.9. The molecule has 1 N–H and O–H groups in total. The molecule has 4 nitrogen and oxygen atoms in total. The summed E-state index contributed by atoms with van der Waals surface area (Å²) in [6.07, 6.45) is 4.62. The molecule has 2 aliphatic rings. The van der Waals surface area contributed by atoms with E-state index in [4.69, 9.17) is 4.74 Å². The van der Waals surface area contributed by atoms with Gasteiger partial charge in [0.05, 0.1) is 11.8 Å². The Morgan fingerprint density at radius 3 is 2.46 bits per heavy atom. The van der Waals surface area contributed by atoms with Gasteiger partial charge < -0.3 is 9.84 Å². The van der Waals surface area contributed by atoms with Crippen LogP contribution in [0.2, 0.25) is 0 Å². The van der Waals surface area contributed by atoms with E-state index in [1.54, 1.807) is 0 Å². The molecular weight excluding hydrogens is 352 g/mol. The van der Waals surface area contributed by atoms with Crippen LogP contribution in [0.4, 0.5) is 0 Å². The van der Waals surface area contributed by atoms with Crippen molar-refractivity contribution in [2.24, 2.45) is 23.7 Å². The molecule has 2 aliphatic carbocycles. The van der Waals surface area contributed by atoms with Gasteiger partial charge >= 0.3 is 11.9 Å². The molecule has 0 aliphatic heterocycles. The number of ether oxygens (including phenoxy) is 1. The highest BCUT2D eigenvalue weighted by molar-refractivity contribution is 6.08. The van der Waals surface area contributed by atoms with Gasteiger partial charge in [-0.25, -0.2) is 0 Å². The number of aryl methyl sites for hydroxylation is 1. The first-order valence-electron chi connectivity index (χ1n) is 9.58. The second kappa shape index (κ2) is 6.20. The number of carboxylic acid groups (broad SMARTS) is 1.